The highest BCUT2D eigenvalue weighted by atomic mass is 16.2. The molecule has 1 aromatic carbocycles. The summed E-state index contributed by atoms with van der Waals surface area (Å²) in [6.07, 6.45) is 5.24. The van der Waals surface area contributed by atoms with E-state index < -0.39 is 0 Å². The standard InChI is InChI=1S/C24H37N3O2/c1-18-9-11-20(12-10-18)25-23(29)22(19-7-5-6-8-19)27-15-13-26(14-16-27)21(28)17-24(2,3)4/h9-12,19,22H,5-8,13-17H2,1-4H3,(H,25,29)/t22-/m1/s1. The Hall–Kier alpha value is -1.88. The highest BCUT2D eigenvalue weighted by Crippen LogP contribution is 2.32. The average molecular weight is 400 g/mol. The topological polar surface area (TPSA) is 52.7 Å². The lowest BCUT2D eigenvalue weighted by Crippen LogP contribution is -2.57. The molecule has 160 valence electrons. The van der Waals surface area contributed by atoms with Gasteiger partial charge in [0.25, 0.3) is 0 Å². The van der Waals surface area contributed by atoms with Crippen LogP contribution in [0.25, 0.3) is 0 Å². The fraction of sp³-hybridized carbons (Fsp3) is 0.667. The van der Waals surface area contributed by atoms with Gasteiger partial charge in [0, 0.05) is 38.3 Å². The first-order valence-electron chi connectivity index (χ1n) is 11.1. The number of piperazine rings is 1. The van der Waals surface area contributed by atoms with Crippen LogP contribution in [0.1, 0.15) is 58.4 Å². The molecule has 29 heavy (non-hydrogen) atoms. The molecule has 1 aromatic rings. The van der Waals surface area contributed by atoms with Gasteiger partial charge in [0.05, 0.1) is 6.04 Å². The molecule has 1 aliphatic heterocycles. The van der Waals surface area contributed by atoms with Crippen LogP contribution in [0.4, 0.5) is 5.69 Å². The van der Waals surface area contributed by atoms with Gasteiger partial charge in [-0.3, -0.25) is 14.5 Å². The summed E-state index contributed by atoms with van der Waals surface area (Å²) in [6, 6.07) is 7.91. The molecule has 0 bridgehead atoms. The van der Waals surface area contributed by atoms with E-state index in [2.05, 4.69) is 31.0 Å². The van der Waals surface area contributed by atoms with Crippen molar-refractivity contribution in [1.82, 2.24) is 9.80 Å². The smallest absolute Gasteiger partial charge is 0.242 e. The van der Waals surface area contributed by atoms with Crippen LogP contribution in [0.3, 0.4) is 0 Å². The number of hydrogen-bond acceptors (Lipinski definition) is 3. The van der Waals surface area contributed by atoms with Gasteiger partial charge in [0.15, 0.2) is 0 Å². The lowest BCUT2D eigenvalue weighted by atomic mass is 9.91. The highest BCUT2D eigenvalue weighted by molar-refractivity contribution is 5.95. The van der Waals surface area contributed by atoms with Crippen LogP contribution in [-0.2, 0) is 9.59 Å². The van der Waals surface area contributed by atoms with Crippen LogP contribution in [0, 0.1) is 18.3 Å². The first-order chi connectivity index (χ1) is 13.7. The van der Waals surface area contributed by atoms with E-state index in [1.165, 1.54) is 18.4 Å². The SMILES string of the molecule is Cc1ccc(NC(=O)[C@@H](C2CCCC2)N2CCN(C(=O)CC(C)(C)C)CC2)cc1. The average Bonchev–Trinajstić information content (AvgIpc) is 3.17. The molecular weight excluding hydrogens is 362 g/mol. The third kappa shape index (κ3) is 6.05. The molecule has 1 atom stereocenters. The number of nitrogens with one attached hydrogen (secondary N) is 1. The van der Waals surface area contributed by atoms with Gasteiger partial charge in [-0.15, -0.1) is 0 Å². The third-order valence-corrected chi connectivity index (χ3v) is 6.18. The minimum atomic E-state index is -0.0985. The Morgan fingerprint density at radius 2 is 1.62 bits per heavy atom. The molecule has 1 N–H and O–H groups in total. The van der Waals surface area contributed by atoms with Crippen molar-refractivity contribution in [3.05, 3.63) is 29.8 Å². The van der Waals surface area contributed by atoms with E-state index in [-0.39, 0.29) is 23.3 Å². The van der Waals surface area contributed by atoms with Crippen molar-refractivity contribution in [2.24, 2.45) is 11.3 Å². The predicted molar refractivity (Wildman–Crippen MR) is 118 cm³/mol. The molecule has 0 spiro atoms. The van der Waals surface area contributed by atoms with Crippen molar-refractivity contribution in [3.8, 4) is 0 Å². The Morgan fingerprint density at radius 3 is 2.17 bits per heavy atom. The van der Waals surface area contributed by atoms with Crippen molar-refractivity contribution in [2.75, 3.05) is 31.5 Å². The minimum Gasteiger partial charge on any atom is -0.340 e. The Bertz CT molecular complexity index is 694. The summed E-state index contributed by atoms with van der Waals surface area (Å²) in [6.45, 7) is 11.3. The first kappa shape index (κ1) is 21.8. The number of benzene rings is 1. The number of aryl methyl sites for hydroxylation is 1. The fourth-order valence-electron chi connectivity index (χ4n) is 4.62. The Morgan fingerprint density at radius 1 is 1.03 bits per heavy atom. The fourth-order valence-corrected chi connectivity index (χ4v) is 4.62. The largest absolute Gasteiger partial charge is 0.340 e. The summed E-state index contributed by atoms with van der Waals surface area (Å²) in [7, 11) is 0. The Balaban J connectivity index is 1.64. The molecule has 0 unspecified atom stereocenters. The van der Waals surface area contributed by atoms with Gasteiger partial charge in [-0.2, -0.15) is 0 Å². The number of amides is 2. The molecule has 5 heteroatoms. The van der Waals surface area contributed by atoms with Crippen molar-refractivity contribution in [1.29, 1.82) is 0 Å². The number of carbonyl (C=O) groups is 2. The maximum atomic E-state index is 13.3. The molecule has 2 fully saturated rings. The molecule has 1 saturated carbocycles. The Kier molecular flexibility index (Phi) is 6.99. The minimum absolute atomic E-state index is 0.00846. The molecular formula is C24H37N3O2. The van der Waals surface area contributed by atoms with Crippen LogP contribution in [-0.4, -0.2) is 53.8 Å². The monoisotopic (exact) mass is 399 g/mol. The van der Waals surface area contributed by atoms with E-state index in [1.807, 2.05) is 36.1 Å². The normalized spacial score (nSPS) is 19.9. The van der Waals surface area contributed by atoms with Crippen LogP contribution < -0.4 is 5.32 Å². The van der Waals surface area contributed by atoms with Gasteiger partial charge in [-0.1, -0.05) is 51.3 Å². The second-order valence-electron chi connectivity index (χ2n) is 10.00. The van der Waals surface area contributed by atoms with Crippen LogP contribution in [0.15, 0.2) is 24.3 Å². The lowest BCUT2D eigenvalue weighted by Gasteiger charge is -2.41. The number of carbonyl (C=O) groups excluding carboxylic acids is 2. The molecule has 2 aliphatic rings. The summed E-state index contributed by atoms with van der Waals surface area (Å²) in [5, 5.41) is 3.15. The molecule has 2 amide bonds. The summed E-state index contributed by atoms with van der Waals surface area (Å²) in [5.74, 6) is 0.756. The van der Waals surface area contributed by atoms with Gasteiger partial charge >= 0.3 is 0 Å². The molecule has 0 radical (unpaired) electrons. The summed E-state index contributed by atoms with van der Waals surface area (Å²) < 4.78 is 0. The van der Waals surface area contributed by atoms with Crippen molar-refractivity contribution < 1.29 is 9.59 Å². The number of hydrogen-bond donors (Lipinski definition) is 1. The van der Waals surface area contributed by atoms with E-state index in [4.69, 9.17) is 0 Å². The summed E-state index contributed by atoms with van der Waals surface area (Å²) in [4.78, 5) is 30.1. The predicted octanol–water partition coefficient (Wildman–Crippen LogP) is 4.07. The van der Waals surface area contributed by atoms with Gasteiger partial charge in [-0.05, 0) is 43.2 Å². The molecule has 0 aromatic heterocycles. The van der Waals surface area contributed by atoms with Crippen LogP contribution in [0.5, 0.6) is 0 Å². The van der Waals surface area contributed by atoms with Gasteiger partial charge in [0.1, 0.15) is 0 Å². The van der Waals surface area contributed by atoms with Gasteiger partial charge in [0.2, 0.25) is 11.8 Å². The Labute approximate surface area is 175 Å². The van der Waals surface area contributed by atoms with Crippen molar-refractivity contribution in [2.45, 2.75) is 65.8 Å². The molecule has 5 nitrogen and oxygen atoms in total. The van der Waals surface area contributed by atoms with Gasteiger partial charge in [-0.25, -0.2) is 0 Å². The van der Waals surface area contributed by atoms with Crippen LogP contribution >= 0.6 is 0 Å². The second-order valence-corrected chi connectivity index (χ2v) is 10.00. The van der Waals surface area contributed by atoms with E-state index in [0.29, 0.717) is 12.3 Å². The molecule has 1 saturated heterocycles. The van der Waals surface area contributed by atoms with E-state index in [9.17, 15) is 9.59 Å². The van der Waals surface area contributed by atoms with E-state index >= 15 is 0 Å². The lowest BCUT2D eigenvalue weighted by molar-refractivity contribution is -0.136. The van der Waals surface area contributed by atoms with Crippen molar-refractivity contribution in [3.63, 3.8) is 0 Å². The third-order valence-electron chi connectivity index (χ3n) is 6.18. The number of anilines is 1. The molecule has 3 rings (SSSR count). The summed E-state index contributed by atoms with van der Waals surface area (Å²) >= 11 is 0. The maximum absolute atomic E-state index is 13.3. The second kappa shape index (κ2) is 9.29. The van der Waals surface area contributed by atoms with E-state index in [0.717, 1.165) is 44.7 Å². The van der Waals surface area contributed by atoms with Crippen LogP contribution in [0.2, 0.25) is 0 Å². The quantitative estimate of drug-likeness (QED) is 0.812. The van der Waals surface area contributed by atoms with E-state index in [1.54, 1.807) is 0 Å². The summed E-state index contributed by atoms with van der Waals surface area (Å²) in [5.41, 5.74) is 2.06. The zero-order chi connectivity index (χ0) is 21.0. The number of rotatable bonds is 5. The zero-order valence-electron chi connectivity index (χ0n) is 18.5. The molecule has 1 aliphatic carbocycles. The highest BCUT2D eigenvalue weighted by Gasteiger charge is 2.37. The first-order valence-corrected chi connectivity index (χ1v) is 11.1. The zero-order valence-corrected chi connectivity index (χ0v) is 18.5. The number of nitrogens with zero attached hydrogens (tertiary/aromatic N) is 2. The molecule has 1 heterocycles. The van der Waals surface area contributed by atoms with Gasteiger partial charge < -0.3 is 10.2 Å². The van der Waals surface area contributed by atoms with Crippen molar-refractivity contribution >= 4 is 17.5 Å². The maximum Gasteiger partial charge on any atom is 0.242 e.